The van der Waals surface area contributed by atoms with E-state index in [1.807, 2.05) is 6.20 Å². The topological polar surface area (TPSA) is 43.8 Å². The lowest BCUT2D eigenvalue weighted by Crippen LogP contribution is -2.36. The molecule has 0 aliphatic carbocycles. The van der Waals surface area contributed by atoms with E-state index in [1.165, 1.54) is 29.7 Å². The molecule has 0 radical (unpaired) electrons. The number of hydrogen-bond donors (Lipinski definition) is 0. The van der Waals surface area contributed by atoms with E-state index in [1.54, 1.807) is 7.11 Å². The fourth-order valence-corrected chi connectivity index (χ4v) is 5.93. The van der Waals surface area contributed by atoms with Crippen LogP contribution in [0, 0.1) is 11.3 Å². The molecule has 1 unspecified atom stereocenters. The van der Waals surface area contributed by atoms with Crippen LogP contribution >= 0.6 is 8.15 Å². The number of rotatable bonds is 13. The van der Waals surface area contributed by atoms with Gasteiger partial charge in [-0.15, -0.1) is 0 Å². The molecule has 1 aliphatic heterocycles. The van der Waals surface area contributed by atoms with Crippen LogP contribution in [-0.4, -0.2) is 51.2 Å². The van der Waals surface area contributed by atoms with Crippen LogP contribution in [0.3, 0.4) is 0 Å². The predicted octanol–water partition coefficient (Wildman–Crippen LogP) is 7.36. The highest BCUT2D eigenvalue weighted by atomic mass is 31.1. The average Bonchev–Trinajstić information content (AvgIpc) is 2.86. The van der Waals surface area contributed by atoms with Crippen molar-refractivity contribution in [1.82, 2.24) is 4.98 Å². The lowest BCUT2D eigenvalue weighted by molar-refractivity contribution is 0.216. The summed E-state index contributed by atoms with van der Waals surface area (Å²) < 4.78 is 17.4. The van der Waals surface area contributed by atoms with Gasteiger partial charge in [0.1, 0.15) is 5.75 Å². The monoisotopic (exact) mass is 514 g/mol. The molecule has 2 aromatic rings. The summed E-state index contributed by atoms with van der Waals surface area (Å²) in [5, 5.41) is 0. The minimum atomic E-state index is -0.344. The van der Waals surface area contributed by atoms with Gasteiger partial charge < -0.3 is 18.9 Å². The number of aromatic nitrogens is 1. The molecular formula is C30H47N2O3P. The van der Waals surface area contributed by atoms with Gasteiger partial charge in [-0.2, -0.15) is 0 Å². The van der Waals surface area contributed by atoms with Crippen LogP contribution < -0.4 is 14.4 Å². The van der Waals surface area contributed by atoms with Crippen LogP contribution in [0.2, 0.25) is 0 Å². The van der Waals surface area contributed by atoms with Crippen molar-refractivity contribution < 1.29 is 14.0 Å². The van der Waals surface area contributed by atoms with E-state index in [0.717, 1.165) is 69.8 Å². The molecule has 1 aliphatic rings. The Bertz CT molecular complexity index is 923. The summed E-state index contributed by atoms with van der Waals surface area (Å²) in [7, 11) is 1.41. The molecule has 1 fully saturated rings. The Hall–Kier alpha value is -1.84. The molecule has 0 amide bonds. The van der Waals surface area contributed by atoms with Crippen LogP contribution in [0.4, 0.5) is 5.69 Å². The maximum atomic E-state index is 6.15. The summed E-state index contributed by atoms with van der Waals surface area (Å²) in [6, 6.07) is 10.8. The first-order valence-electron chi connectivity index (χ1n) is 13.6. The van der Waals surface area contributed by atoms with E-state index in [0.29, 0.717) is 11.3 Å². The highest BCUT2D eigenvalue weighted by molar-refractivity contribution is 7.51. The van der Waals surface area contributed by atoms with Crippen molar-refractivity contribution in [2.45, 2.75) is 66.2 Å². The molecule has 1 aromatic heterocycles. The van der Waals surface area contributed by atoms with Gasteiger partial charge in [0, 0.05) is 51.9 Å². The van der Waals surface area contributed by atoms with Crippen LogP contribution in [0.5, 0.6) is 11.6 Å². The minimum absolute atomic E-state index is 0.344. The summed E-state index contributed by atoms with van der Waals surface area (Å²) in [6.07, 6.45) is 9.79. The van der Waals surface area contributed by atoms with E-state index in [-0.39, 0.29) is 8.15 Å². The Balaban J connectivity index is 1.51. The second-order valence-electron chi connectivity index (χ2n) is 11.2. The average molecular weight is 515 g/mol. The zero-order valence-corrected chi connectivity index (χ0v) is 24.3. The molecule has 0 saturated carbocycles. The van der Waals surface area contributed by atoms with E-state index in [4.69, 9.17) is 14.0 Å². The van der Waals surface area contributed by atoms with E-state index in [2.05, 4.69) is 74.6 Å². The van der Waals surface area contributed by atoms with Crippen LogP contribution in [-0.2, 0) is 17.4 Å². The third-order valence-corrected chi connectivity index (χ3v) is 8.50. The fraction of sp³-hybridized carbons (Fsp3) is 0.633. The molecule has 2 heterocycles. The highest BCUT2D eigenvalue weighted by Gasteiger charge is 2.22. The quantitative estimate of drug-likeness (QED) is 0.261. The van der Waals surface area contributed by atoms with Gasteiger partial charge in [0.25, 0.3) is 0 Å². The molecule has 36 heavy (non-hydrogen) atoms. The predicted molar refractivity (Wildman–Crippen MR) is 153 cm³/mol. The zero-order valence-electron chi connectivity index (χ0n) is 23.4. The third kappa shape index (κ3) is 9.56. The molecule has 3 rings (SSSR count). The van der Waals surface area contributed by atoms with Gasteiger partial charge in [-0.05, 0) is 92.9 Å². The van der Waals surface area contributed by atoms with Gasteiger partial charge in [-0.1, -0.05) is 26.8 Å². The lowest BCUT2D eigenvalue weighted by Gasteiger charge is -2.35. The molecule has 1 saturated heterocycles. The summed E-state index contributed by atoms with van der Waals surface area (Å²) in [6.45, 7) is 14.9. The van der Waals surface area contributed by atoms with Crippen LogP contribution in [0.25, 0.3) is 0 Å². The van der Waals surface area contributed by atoms with Gasteiger partial charge in [0.2, 0.25) is 5.88 Å². The summed E-state index contributed by atoms with van der Waals surface area (Å²) >= 11 is 0. The molecule has 5 nitrogen and oxygen atoms in total. The molecule has 0 bridgehead atoms. The first kappa shape index (κ1) is 28.7. The molecule has 6 heteroatoms. The number of ether oxygens (including phenoxy) is 2. The van der Waals surface area contributed by atoms with Crippen molar-refractivity contribution in [3.05, 3.63) is 47.7 Å². The number of nitrogens with zero attached hydrogens (tertiary/aromatic N) is 2. The molecule has 200 valence electrons. The normalized spacial score (nSPS) is 15.7. The van der Waals surface area contributed by atoms with Crippen LogP contribution in [0.15, 0.2) is 36.5 Å². The largest absolute Gasteiger partial charge is 0.497 e. The number of methoxy groups -OCH3 is 1. The van der Waals surface area contributed by atoms with Gasteiger partial charge in [0.05, 0.1) is 13.7 Å². The third-order valence-electron chi connectivity index (χ3n) is 6.95. The van der Waals surface area contributed by atoms with Crippen molar-refractivity contribution in [3.63, 3.8) is 0 Å². The van der Waals surface area contributed by atoms with Gasteiger partial charge >= 0.3 is 0 Å². The van der Waals surface area contributed by atoms with E-state index in [9.17, 15) is 0 Å². The van der Waals surface area contributed by atoms with Crippen molar-refractivity contribution in [1.29, 1.82) is 0 Å². The lowest BCUT2D eigenvalue weighted by atomic mass is 9.88. The second-order valence-corrected chi connectivity index (χ2v) is 13.1. The highest BCUT2D eigenvalue weighted by Crippen LogP contribution is 2.33. The Morgan fingerprint density at radius 2 is 1.86 bits per heavy atom. The maximum Gasteiger partial charge on any atom is 0.213 e. The number of benzene rings is 1. The van der Waals surface area contributed by atoms with Gasteiger partial charge in [-0.25, -0.2) is 4.98 Å². The summed E-state index contributed by atoms with van der Waals surface area (Å²) in [5.74, 6) is 2.25. The van der Waals surface area contributed by atoms with E-state index >= 15 is 0 Å². The molecular weight excluding hydrogens is 467 g/mol. The minimum Gasteiger partial charge on any atom is -0.497 e. The first-order valence-corrected chi connectivity index (χ1v) is 15.5. The van der Waals surface area contributed by atoms with Crippen molar-refractivity contribution in [2.24, 2.45) is 11.3 Å². The van der Waals surface area contributed by atoms with Crippen molar-refractivity contribution >= 4 is 13.8 Å². The maximum absolute atomic E-state index is 6.15. The Labute approximate surface area is 220 Å². The SMILES string of the molecule is CCOP(C)CCc1ccnc(OCC2CCN(c3cc(OC)ccc3CCCC(C)(C)C)CC2)c1. The number of hydrogen-bond acceptors (Lipinski definition) is 5. The number of aryl methyl sites for hydroxylation is 2. The molecule has 0 spiro atoms. The Morgan fingerprint density at radius 1 is 1.08 bits per heavy atom. The fourth-order valence-electron chi connectivity index (χ4n) is 4.79. The Morgan fingerprint density at radius 3 is 2.56 bits per heavy atom. The molecule has 0 N–H and O–H groups in total. The smallest absolute Gasteiger partial charge is 0.213 e. The van der Waals surface area contributed by atoms with Crippen molar-refractivity contribution in [2.75, 3.05) is 51.1 Å². The standard InChI is InChI=1S/C30H47N2O3P/c1-7-35-36(6)20-15-24-12-17-31-29(21-24)34-23-25-13-18-32(19-14-25)28-22-27(33-5)11-10-26(28)9-8-16-30(2,3)4/h10-12,17,21-22,25H,7-9,13-16,18-20,23H2,1-6H3. The number of pyridine rings is 1. The van der Waals surface area contributed by atoms with E-state index < -0.39 is 0 Å². The summed E-state index contributed by atoms with van der Waals surface area (Å²) in [5.41, 5.74) is 4.44. The first-order chi connectivity index (χ1) is 17.3. The summed E-state index contributed by atoms with van der Waals surface area (Å²) in [4.78, 5) is 7.00. The van der Waals surface area contributed by atoms with Gasteiger partial charge in [-0.3, -0.25) is 0 Å². The molecule has 1 atom stereocenters. The Kier molecular flexibility index (Phi) is 11.3. The second kappa shape index (κ2) is 14.2. The zero-order chi connectivity index (χ0) is 26.0. The number of anilines is 1. The van der Waals surface area contributed by atoms with Crippen LogP contribution in [0.1, 0.15) is 64.5 Å². The van der Waals surface area contributed by atoms with Gasteiger partial charge in [0.15, 0.2) is 0 Å². The number of piperidine rings is 1. The molecule has 1 aromatic carbocycles. The van der Waals surface area contributed by atoms with Crippen molar-refractivity contribution in [3.8, 4) is 11.6 Å².